The topological polar surface area (TPSA) is 86.8 Å². The number of carbonyl (C=O) groups excluding carboxylic acids is 2. The molecule has 3 aromatic carbocycles. The third-order valence-electron chi connectivity index (χ3n) is 6.31. The predicted octanol–water partition coefficient (Wildman–Crippen LogP) is 4.83. The molecule has 0 unspecified atom stereocenters. The number of hydrogen-bond acceptors (Lipinski definition) is 4. The lowest BCUT2D eigenvalue weighted by molar-refractivity contribution is -0.140. The Kier molecular flexibility index (Phi) is 10.5. The van der Waals surface area contributed by atoms with E-state index >= 15 is 0 Å². The van der Waals surface area contributed by atoms with E-state index in [9.17, 15) is 18.0 Å². The van der Waals surface area contributed by atoms with Gasteiger partial charge in [0.1, 0.15) is 12.6 Å². The summed E-state index contributed by atoms with van der Waals surface area (Å²) in [4.78, 5) is 29.0. The molecule has 3 rings (SSSR count). The maximum Gasteiger partial charge on any atom is 0.244 e. The summed E-state index contributed by atoms with van der Waals surface area (Å²) in [5.41, 5.74) is 2.95. The number of anilines is 1. The van der Waals surface area contributed by atoms with Crippen molar-refractivity contribution >= 4 is 39.1 Å². The molecule has 39 heavy (non-hydrogen) atoms. The summed E-state index contributed by atoms with van der Waals surface area (Å²) in [7, 11) is -3.81. The van der Waals surface area contributed by atoms with Crippen LogP contribution in [0.2, 0.25) is 5.02 Å². The normalized spacial score (nSPS) is 12.2. The Morgan fingerprint density at radius 3 is 2.08 bits per heavy atom. The molecule has 0 fully saturated rings. The second kappa shape index (κ2) is 13.6. The summed E-state index contributed by atoms with van der Waals surface area (Å²) in [6.07, 6.45) is 2.12. The van der Waals surface area contributed by atoms with E-state index in [1.165, 1.54) is 4.90 Å². The molecule has 0 aromatic heterocycles. The molecule has 0 aliphatic heterocycles. The molecule has 1 N–H and O–H groups in total. The van der Waals surface area contributed by atoms with Crippen LogP contribution < -0.4 is 9.62 Å². The van der Waals surface area contributed by atoms with Gasteiger partial charge in [0.25, 0.3) is 0 Å². The molecule has 208 valence electrons. The zero-order chi connectivity index (χ0) is 28.6. The first kappa shape index (κ1) is 30.2. The Bertz CT molecular complexity index is 1360. The molecule has 7 nitrogen and oxygen atoms in total. The molecule has 0 aliphatic carbocycles. The first-order chi connectivity index (χ1) is 18.5. The quantitative estimate of drug-likeness (QED) is 0.338. The number of carbonyl (C=O) groups is 2. The van der Waals surface area contributed by atoms with Crippen molar-refractivity contribution in [3.05, 3.63) is 101 Å². The highest BCUT2D eigenvalue weighted by molar-refractivity contribution is 7.92. The van der Waals surface area contributed by atoms with E-state index in [0.717, 1.165) is 28.1 Å². The second-order valence-electron chi connectivity index (χ2n) is 9.77. The van der Waals surface area contributed by atoms with Crippen LogP contribution in [0.4, 0.5) is 5.69 Å². The summed E-state index contributed by atoms with van der Waals surface area (Å²) in [5.74, 6) is -0.841. The molecule has 9 heteroatoms. The number of nitrogens with one attached hydrogen (secondary N) is 1. The van der Waals surface area contributed by atoms with Gasteiger partial charge in [-0.15, -0.1) is 0 Å². The molecule has 2 amide bonds. The number of halogens is 1. The number of benzene rings is 3. The average Bonchev–Trinajstić information content (AvgIpc) is 2.89. The van der Waals surface area contributed by atoms with Crippen LogP contribution in [0.25, 0.3) is 0 Å². The lowest BCUT2D eigenvalue weighted by Crippen LogP contribution is -2.54. The first-order valence-electron chi connectivity index (χ1n) is 12.9. The number of sulfonamides is 1. The minimum atomic E-state index is -3.81. The molecule has 0 radical (unpaired) electrons. The Balaban J connectivity index is 2.05. The number of hydrogen-bond donors (Lipinski definition) is 1. The van der Waals surface area contributed by atoms with Crippen molar-refractivity contribution < 1.29 is 18.0 Å². The van der Waals surface area contributed by atoms with Crippen LogP contribution in [0.15, 0.2) is 78.9 Å². The maximum absolute atomic E-state index is 14.0. The predicted molar refractivity (Wildman–Crippen MR) is 157 cm³/mol. The summed E-state index contributed by atoms with van der Waals surface area (Å²) in [6.45, 7) is 5.28. The molecular formula is C30H36ClN3O4S. The molecular weight excluding hydrogens is 534 g/mol. The second-order valence-corrected chi connectivity index (χ2v) is 12.1. The molecule has 0 heterocycles. The first-order valence-corrected chi connectivity index (χ1v) is 15.2. The van der Waals surface area contributed by atoms with Crippen molar-refractivity contribution in [1.82, 2.24) is 10.2 Å². The Morgan fingerprint density at radius 1 is 0.897 bits per heavy atom. The highest BCUT2D eigenvalue weighted by Crippen LogP contribution is 2.23. The number of amides is 2. The van der Waals surface area contributed by atoms with E-state index in [1.807, 2.05) is 69.3 Å². The molecule has 0 spiro atoms. The lowest BCUT2D eigenvalue weighted by Gasteiger charge is -2.34. The minimum absolute atomic E-state index is 0.0356. The van der Waals surface area contributed by atoms with Gasteiger partial charge in [-0.1, -0.05) is 79.2 Å². The Hall–Kier alpha value is -3.36. The fraction of sp³-hybridized carbons (Fsp3) is 0.333. The van der Waals surface area contributed by atoms with Crippen molar-refractivity contribution in [2.75, 3.05) is 17.1 Å². The average molecular weight is 570 g/mol. The lowest BCUT2D eigenvalue weighted by atomic mass is 10.0. The van der Waals surface area contributed by atoms with Crippen LogP contribution >= 0.6 is 11.6 Å². The maximum atomic E-state index is 14.0. The van der Waals surface area contributed by atoms with Crippen LogP contribution in [0.3, 0.4) is 0 Å². The third kappa shape index (κ3) is 8.57. The van der Waals surface area contributed by atoms with Gasteiger partial charge in [0.15, 0.2) is 0 Å². The van der Waals surface area contributed by atoms with Gasteiger partial charge in [0.05, 0.1) is 11.9 Å². The van der Waals surface area contributed by atoms with Crippen LogP contribution in [0, 0.1) is 0 Å². The fourth-order valence-corrected chi connectivity index (χ4v) is 5.30. The largest absolute Gasteiger partial charge is 0.352 e. The van der Waals surface area contributed by atoms with Gasteiger partial charge in [-0.3, -0.25) is 13.9 Å². The number of nitrogens with zero attached hydrogens (tertiary/aromatic N) is 2. The molecule has 0 saturated carbocycles. The van der Waals surface area contributed by atoms with Gasteiger partial charge in [-0.05, 0) is 55.2 Å². The van der Waals surface area contributed by atoms with Gasteiger partial charge in [-0.2, -0.15) is 0 Å². The summed E-state index contributed by atoms with van der Waals surface area (Å²) >= 11 is 6.46. The SMILES string of the molecule is CCc1ccc(N(CC(=O)N(Cc2ccccc2Cl)[C@H](Cc2ccccc2)C(=O)NC(C)C)S(C)(=O)=O)cc1. The van der Waals surface area contributed by atoms with Crippen molar-refractivity contribution in [3.63, 3.8) is 0 Å². The van der Waals surface area contributed by atoms with Gasteiger partial charge >= 0.3 is 0 Å². The van der Waals surface area contributed by atoms with E-state index < -0.39 is 28.5 Å². The van der Waals surface area contributed by atoms with E-state index in [0.29, 0.717) is 16.3 Å². The third-order valence-corrected chi connectivity index (χ3v) is 7.82. The smallest absolute Gasteiger partial charge is 0.244 e. The molecule has 3 aromatic rings. The van der Waals surface area contributed by atoms with Gasteiger partial charge in [0, 0.05) is 24.0 Å². The highest BCUT2D eigenvalue weighted by Gasteiger charge is 2.33. The summed E-state index contributed by atoms with van der Waals surface area (Å²) in [5, 5.41) is 3.38. The molecule has 0 aliphatic rings. The van der Waals surface area contributed by atoms with Crippen molar-refractivity contribution in [2.45, 2.75) is 52.2 Å². The van der Waals surface area contributed by atoms with Crippen LogP contribution in [0.5, 0.6) is 0 Å². The van der Waals surface area contributed by atoms with E-state index in [-0.39, 0.29) is 24.9 Å². The monoisotopic (exact) mass is 569 g/mol. The molecule has 1 atom stereocenters. The number of rotatable bonds is 12. The Morgan fingerprint density at radius 2 is 1.51 bits per heavy atom. The zero-order valence-electron chi connectivity index (χ0n) is 22.8. The van der Waals surface area contributed by atoms with Crippen LogP contribution in [0.1, 0.15) is 37.5 Å². The molecule has 0 bridgehead atoms. The van der Waals surface area contributed by atoms with Crippen LogP contribution in [-0.2, 0) is 39.0 Å². The van der Waals surface area contributed by atoms with Gasteiger partial charge in [0.2, 0.25) is 21.8 Å². The summed E-state index contributed by atoms with van der Waals surface area (Å²) < 4.78 is 26.8. The fourth-order valence-electron chi connectivity index (χ4n) is 4.26. The van der Waals surface area contributed by atoms with E-state index in [1.54, 1.807) is 30.3 Å². The Labute approximate surface area is 236 Å². The van der Waals surface area contributed by atoms with Crippen molar-refractivity contribution in [3.8, 4) is 0 Å². The van der Waals surface area contributed by atoms with Gasteiger partial charge < -0.3 is 10.2 Å². The van der Waals surface area contributed by atoms with Crippen molar-refractivity contribution in [2.24, 2.45) is 0 Å². The van der Waals surface area contributed by atoms with E-state index in [2.05, 4.69) is 5.32 Å². The molecule has 0 saturated heterocycles. The zero-order valence-corrected chi connectivity index (χ0v) is 24.4. The standard InChI is InChI=1S/C30H36ClN3O4S/c1-5-23-15-17-26(18-16-23)34(39(4,37)38)21-29(35)33(20-25-13-9-10-14-27(25)31)28(30(36)32-22(2)3)19-24-11-7-6-8-12-24/h6-18,22,28H,5,19-21H2,1-4H3,(H,32,36)/t28-/m1/s1. The minimum Gasteiger partial charge on any atom is -0.352 e. The van der Waals surface area contributed by atoms with Crippen molar-refractivity contribution in [1.29, 1.82) is 0 Å². The highest BCUT2D eigenvalue weighted by atomic mass is 35.5. The van der Waals surface area contributed by atoms with E-state index in [4.69, 9.17) is 11.6 Å². The van der Waals surface area contributed by atoms with Gasteiger partial charge in [-0.25, -0.2) is 8.42 Å². The summed E-state index contributed by atoms with van der Waals surface area (Å²) in [6, 6.07) is 22.5. The van der Waals surface area contributed by atoms with Crippen LogP contribution in [-0.4, -0.2) is 50.0 Å². The number of aryl methyl sites for hydroxylation is 1.